The molecule has 2 rings (SSSR count). The van der Waals surface area contributed by atoms with Crippen molar-refractivity contribution in [3.8, 4) is 11.8 Å². The Labute approximate surface area is 121 Å². The summed E-state index contributed by atoms with van der Waals surface area (Å²) in [7, 11) is -0.704. The van der Waals surface area contributed by atoms with Gasteiger partial charge in [0.15, 0.2) is 0 Å². The van der Waals surface area contributed by atoms with Crippen LogP contribution in [-0.4, -0.2) is 58.1 Å². The van der Waals surface area contributed by atoms with Crippen LogP contribution in [-0.2, 0) is 10.8 Å². The SMILES string of the molecule is N#Cc1ccccc1OCC(O)CN1CCS(=O)CC1. The average Bonchev–Trinajstić information content (AvgIpc) is 2.48. The molecule has 0 aliphatic carbocycles. The number of benzene rings is 1. The largest absolute Gasteiger partial charge is 0.489 e. The van der Waals surface area contributed by atoms with E-state index >= 15 is 0 Å². The van der Waals surface area contributed by atoms with Gasteiger partial charge < -0.3 is 9.84 Å². The molecule has 5 nitrogen and oxygen atoms in total. The lowest BCUT2D eigenvalue weighted by Gasteiger charge is -2.28. The lowest BCUT2D eigenvalue weighted by molar-refractivity contribution is 0.0712. The van der Waals surface area contributed by atoms with E-state index in [1.165, 1.54) is 0 Å². The van der Waals surface area contributed by atoms with E-state index in [1.807, 2.05) is 0 Å². The zero-order valence-corrected chi connectivity index (χ0v) is 12.0. The molecular weight excluding hydrogens is 276 g/mol. The molecule has 1 aromatic rings. The van der Waals surface area contributed by atoms with E-state index in [0.29, 0.717) is 29.4 Å². The molecule has 1 saturated heterocycles. The normalized spacial score (nSPS) is 18.4. The number of hydrogen-bond acceptors (Lipinski definition) is 5. The van der Waals surface area contributed by atoms with E-state index in [1.54, 1.807) is 24.3 Å². The summed E-state index contributed by atoms with van der Waals surface area (Å²) in [6, 6.07) is 9.02. The first kappa shape index (κ1) is 15.0. The maximum Gasteiger partial charge on any atom is 0.137 e. The number of hydrogen-bond donors (Lipinski definition) is 1. The minimum atomic E-state index is -0.704. The molecule has 1 aliphatic heterocycles. The Kier molecular flexibility index (Phi) is 5.53. The van der Waals surface area contributed by atoms with Crippen molar-refractivity contribution in [1.29, 1.82) is 5.26 Å². The summed E-state index contributed by atoms with van der Waals surface area (Å²) in [5.74, 6) is 1.84. The van der Waals surface area contributed by atoms with Crippen LogP contribution >= 0.6 is 0 Å². The second-order valence-electron chi connectivity index (χ2n) is 4.72. The predicted molar refractivity (Wildman–Crippen MR) is 77.0 cm³/mol. The fraction of sp³-hybridized carbons (Fsp3) is 0.500. The minimum absolute atomic E-state index is 0.151. The molecule has 1 atom stereocenters. The zero-order valence-electron chi connectivity index (χ0n) is 11.2. The van der Waals surface area contributed by atoms with Gasteiger partial charge in [0.1, 0.15) is 24.5 Å². The van der Waals surface area contributed by atoms with Gasteiger partial charge in [-0.2, -0.15) is 5.26 Å². The Morgan fingerprint density at radius 3 is 2.80 bits per heavy atom. The Bertz CT molecular complexity index is 505. The number of β-amino-alcohol motifs (C(OH)–C–C–N with tert-alkyl or cyclic N) is 1. The fourth-order valence-electron chi connectivity index (χ4n) is 2.08. The van der Waals surface area contributed by atoms with Gasteiger partial charge in [0.2, 0.25) is 0 Å². The number of nitrogens with zero attached hydrogens (tertiary/aromatic N) is 2. The predicted octanol–water partition coefficient (Wildman–Crippen LogP) is 0.362. The maximum absolute atomic E-state index is 11.2. The van der Waals surface area contributed by atoms with Crippen LogP contribution in [0.1, 0.15) is 5.56 Å². The van der Waals surface area contributed by atoms with E-state index in [0.717, 1.165) is 13.1 Å². The van der Waals surface area contributed by atoms with E-state index in [4.69, 9.17) is 10.00 Å². The van der Waals surface area contributed by atoms with Gasteiger partial charge >= 0.3 is 0 Å². The Morgan fingerprint density at radius 1 is 1.40 bits per heavy atom. The van der Waals surface area contributed by atoms with Crippen LogP contribution < -0.4 is 4.74 Å². The highest BCUT2D eigenvalue weighted by molar-refractivity contribution is 7.85. The van der Waals surface area contributed by atoms with Gasteiger partial charge in [-0.05, 0) is 12.1 Å². The number of aliphatic hydroxyl groups is 1. The third-order valence-corrected chi connectivity index (χ3v) is 4.45. The van der Waals surface area contributed by atoms with Gasteiger partial charge in [-0.25, -0.2) is 0 Å². The lowest BCUT2D eigenvalue weighted by atomic mass is 10.2. The third-order valence-electron chi connectivity index (χ3n) is 3.18. The molecule has 0 radical (unpaired) electrons. The highest BCUT2D eigenvalue weighted by atomic mass is 32.2. The van der Waals surface area contributed by atoms with Crippen LogP contribution in [0.2, 0.25) is 0 Å². The molecule has 0 aromatic heterocycles. The maximum atomic E-state index is 11.2. The highest BCUT2D eigenvalue weighted by Gasteiger charge is 2.18. The topological polar surface area (TPSA) is 73.6 Å². The molecule has 0 amide bonds. The lowest BCUT2D eigenvalue weighted by Crippen LogP contribution is -2.43. The molecule has 1 N–H and O–H groups in total. The van der Waals surface area contributed by atoms with E-state index < -0.39 is 16.9 Å². The molecule has 1 aliphatic rings. The standard InChI is InChI=1S/C14H18N2O3S/c15-9-12-3-1-2-4-14(12)19-11-13(17)10-16-5-7-20(18)8-6-16/h1-4,13,17H,5-8,10-11H2. The zero-order chi connectivity index (χ0) is 14.4. The number of ether oxygens (including phenoxy) is 1. The number of nitriles is 1. The molecule has 1 fully saturated rings. The number of aliphatic hydroxyl groups excluding tert-OH is 1. The summed E-state index contributed by atoms with van der Waals surface area (Å²) in [4.78, 5) is 2.09. The highest BCUT2D eigenvalue weighted by Crippen LogP contribution is 2.16. The van der Waals surface area contributed by atoms with E-state index in [-0.39, 0.29) is 6.61 Å². The van der Waals surface area contributed by atoms with Gasteiger partial charge in [-0.3, -0.25) is 9.11 Å². The van der Waals surface area contributed by atoms with Crippen molar-refractivity contribution in [3.63, 3.8) is 0 Å². The molecule has 0 saturated carbocycles. The van der Waals surface area contributed by atoms with Crippen LogP contribution in [0.3, 0.4) is 0 Å². The number of para-hydroxylation sites is 1. The monoisotopic (exact) mass is 294 g/mol. The summed E-state index contributed by atoms with van der Waals surface area (Å²) in [6.45, 7) is 2.15. The molecular formula is C14H18N2O3S. The summed E-state index contributed by atoms with van der Waals surface area (Å²) >= 11 is 0. The fourth-order valence-corrected chi connectivity index (χ4v) is 3.21. The van der Waals surface area contributed by atoms with Crippen molar-refractivity contribution in [2.45, 2.75) is 6.10 Å². The molecule has 0 bridgehead atoms. The Balaban J connectivity index is 1.79. The molecule has 0 spiro atoms. The third kappa shape index (κ3) is 4.30. The van der Waals surface area contributed by atoms with Crippen LogP contribution in [0.5, 0.6) is 5.75 Å². The van der Waals surface area contributed by atoms with Gasteiger partial charge in [-0.1, -0.05) is 12.1 Å². The minimum Gasteiger partial charge on any atom is -0.489 e. The summed E-state index contributed by atoms with van der Waals surface area (Å²) in [5.41, 5.74) is 0.466. The van der Waals surface area contributed by atoms with Crippen molar-refractivity contribution in [2.75, 3.05) is 37.7 Å². The van der Waals surface area contributed by atoms with Crippen LogP contribution in [0.15, 0.2) is 24.3 Å². The van der Waals surface area contributed by atoms with Crippen molar-refractivity contribution in [2.24, 2.45) is 0 Å². The molecule has 108 valence electrons. The number of rotatable bonds is 5. The molecule has 20 heavy (non-hydrogen) atoms. The van der Waals surface area contributed by atoms with Crippen molar-refractivity contribution < 1.29 is 14.1 Å². The van der Waals surface area contributed by atoms with Gasteiger partial charge in [-0.15, -0.1) is 0 Å². The first-order valence-corrected chi connectivity index (χ1v) is 8.05. The molecule has 1 aromatic carbocycles. The smallest absolute Gasteiger partial charge is 0.137 e. The molecule has 6 heteroatoms. The van der Waals surface area contributed by atoms with Gasteiger partial charge in [0.05, 0.1) is 5.56 Å². The first-order chi connectivity index (χ1) is 9.69. The first-order valence-electron chi connectivity index (χ1n) is 6.56. The summed E-state index contributed by atoms with van der Waals surface area (Å²) in [5, 5.41) is 18.9. The van der Waals surface area contributed by atoms with Crippen LogP contribution in [0.25, 0.3) is 0 Å². The second kappa shape index (κ2) is 7.39. The van der Waals surface area contributed by atoms with Crippen molar-refractivity contribution in [1.82, 2.24) is 4.90 Å². The van der Waals surface area contributed by atoms with Crippen molar-refractivity contribution in [3.05, 3.63) is 29.8 Å². The van der Waals surface area contributed by atoms with E-state index in [2.05, 4.69) is 11.0 Å². The van der Waals surface area contributed by atoms with Crippen LogP contribution in [0, 0.1) is 11.3 Å². The summed E-state index contributed by atoms with van der Waals surface area (Å²) < 4.78 is 16.7. The molecule has 1 unspecified atom stereocenters. The summed E-state index contributed by atoms with van der Waals surface area (Å²) in [6.07, 6.45) is -0.617. The van der Waals surface area contributed by atoms with E-state index in [9.17, 15) is 9.32 Å². The van der Waals surface area contributed by atoms with Gasteiger partial charge in [0, 0.05) is 41.9 Å². The van der Waals surface area contributed by atoms with Gasteiger partial charge in [0.25, 0.3) is 0 Å². The van der Waals surface area contributed by atoms with Crippen molar-refractivity contribution >= 4 is 10.8 Å². The van der Waals surface area contributed by atoms with Crippen LogP contribution in [0.4, 0.5) is 0 Å². The average molecular weight is 294 g/mol. The molecule has 1 heterocycles. The Morgan fingerprint density at radius 2 is 2.10 bits per heavy atom. The Hall–Kier alpha value is -1.42. The quantitative estimate of drug-likeness (QED) is 0.849. The second-order valence-corrected chi connectivity index (χ2v) is 6.42.